The average Bonchev–Trinajstić information content (AvgIpc) is 3.06. The largest absolute Gasteiger partial charge is 0.462 e. The molecular weight excluding hydrogens is 576 g/mol. The van der Waals surface area contributed by atoms with Crippen LogP contribution in [0.15, 0.2) is 12.1 Å². The molecule has 1 aromatic rings. The van der Waals surface area contributed by atoms with Crippen LogP contribution in [-0.2, 0) is 9.47 Å². The molecule has 0 radical (unpaired) electrons. The first-order chi connectivity index (χ1) is 22.4. The first kappa shape index (κ1) is 41.5. The molecule has 262 valence electrons. The molecule has 0 aliphatic heterocycles. The van der Waals surface area contributed by atoms with Crippen molar-refractivity contribution in [2.45, 2.75) is 182 Å². The van der Waals surface area contributed by atoms with Gasteiger partial charge in [0.2, 0.25) is 0 Å². The summed E-state index contributed by atoms with van der Waals surface area (Å²) in [6.07, 6.45) is 23.0. The number of hydrogen-bond acceptors (Lipinski definition) is 6. The molecule has 46 heavy (non-hydrogen) atoms. The Bertz CT molecular complexity index is 998. The number of Topliss-reactive ketones (excluding diaryl/α,β-unsaturated/α-hetero) is 2. The van der Waals surface area contributed by atoms with E-state index in [2.05, 4.69) is 27.7 Å². The Balaban J connectivity index is 3.30. The molecule has 0 aromatic heterocycles. The van der Waals surface area contributed by atoms with Gasteiger partial charge in [-0.2, -0.15) is 0 Å². The maximum atomic E-state index is 13.9. The molecule has 0 spiro atoms. The minimum atomic E-state index is -0.720. The maximum Gasteiger partial charge on any atom is 0.339 e. The molecule has 0 bridgehead atoms. The molecule has 0 unspecified atom stereocenters. The van der Waals surface area contributed by atoms with E-state index in [1.165, 1.54) is 44.6 Å². The van der Waals surface area contributed by atoms with E-state index in [-0.39, 0.29) is 53.5 Å². The molecule has 1 rings (SSSR count). The van der Waals surface area contributed by atoms with Crippen LogP contribution in [0, 0.1) is 0 Å². The van der Waals surface area contributed by atoms with Crippen LogP contribution < -0.4 is 0 Å². The van der Waals surface area contributed by atoms with Gasteiger partial charge in [-0.05, 0) is 37.8 Å². The Morgan fingerprint density at radius 3 is 1.26 bits per heavy atom. The first-order valence-corrected chi connectivity index (χ1v) is 19.0. The van der Waals surface area contributed by atoms with Crippen molar-refractivity contribution in [1.82, 2.24) is 0 Å². The molecule has 0 atom stereocenters. The minimum absolute atomic E-state index is 0.0180. The fourth-order valence-electron chi connectivity index (χ4n) is 5.79. The normalized spacial score (nSPS) is 11.0. The molecule has 6 heteroatoms. The van der Waals surface area contributed by atoms with E-state index < -0.39 is 11.9 Å². The Labute approximate surface area is 281 Å². The van der Waals surface area contributed by atoms with E-state index in [9.17, 15) is 19.2 Å². The van der Waals surface area contributed by atoms with Crippen LogP contribution in [0.2, 0.25) is 0 Å². The molecule has 0 aliphatic carbocycles. The third kappa shape index (κ3) is 17.4. The van der Waals surface area contributed by atoms with E-state index >= 15 is 0 Å². The number of ether oxygens (including phenoxy) is 2. The number of unbranched alkanes of at least 4 members (excludes halogenated alkanes) is 18. The minimum Gasteiger partial charge on any atom is -0.462 e. The number of carbonyl (C=O) groups is 4. The summed E-state index contributed by atoms with van der Waals surface area (Å²) in [6.45, 7) is 9.06. The first-order valence-electron chi connectivity index (χ1n) is 19.0. The topological polar surface area (TPSA) is 86.7 Å². The number of benzene rings is 1. The van der Waals surface area contributed by atoms with Crippen molar-refractivity contribution in [3.8, 4) is 0 Å². The standard InChI is InChI=1S/C40H66O6/c1-5-9-13-17-19-21-23-27-35(41)33-29-30-34(39(43)45-31-25-15-11-7-3)38(40(44)46-32-26-16-12-8-4)37(33)36(42)28-24-22-20-18-14-10-6-2/h29-30H,5-28,31-32H2,1-4H3. The quantitative estimate of drug-likeness (QED) is 0.0471. The van der Waals surface area contributed by atoms with Gasteiger partial charge in [-0.25, -0.2) is 9.59 Å². The molecule has 0 aliphatic rings. The molecular formula is C40H66O6. The number of carbonyl (C=O) groups excluding carboxylic acids is 4. The van der Waals surface area contributed by atoms with Gasteiger partial charge in [0.15, 0.2) is 11.6 Å². The second-order valence-corrected chi connectivity index (χ2v) is 12.9. The predicted molar refractivity (Wildman–Crippen MR) is 189 cm³/mol. The highest BCUT2D eigenvalue weighted by molar-refractivity contribution is 6.17. The number of esters is 2. The van der Waals surface area contributed by atoms with Gasteiger partial charge >= 0.3 is 11.9 Å². The van der Waals surface area contributed by atoms with Gasteiger partial charge in [-0.3, -0.25) is 9.59 Å². The van der Waals surface area contributed by atoms with E-state index in [0.29, 0.717) is 19.3 Å². The van der Waals surface area contributed by atoms with E-state index in [4.69, 9.17) is 9.47 Å². The van der Waals surface area contributed by atoms with Crippen molar-refractivity contribution >= 4 is 23.5 Å². The molecule has 0 amide bonds. The lowest BCUT2D eigenvalue weighted by molar-refractivity contribution is 0.0448. The molecule has 0 fully saturated rings. The molecule has 6 nitrogen and oxygen atoms in total. The molecule has 0 N–H and O–H groups in total. The lowest BCUT2D eigenvalue weighted by Crippen LogP contribution is -2.22. The summed E-state index contributed by atoms with van der Waals surface area (Å²) in [7, 11) is 0. The summed E-state index contributed by atoms with van der Waals surface area (Å²) in [5.41, 5.74) is 0.214. The monoisotopic (exact) mass is 642 g/mol. The SMILES string of the molecule is CCCCCCCCCC(=O)c1ccc(C(=O)OCCCCCC)c(C(=O)OCCCCCC)c1C(=O)CCCCCCCCC. The molecule has 0 saturated carbocycles. The molecule has 1 aromatic carbocycles. The molecule has 0 saturated heterocycles. The Morgan fingerprint density at radius 1 is 0.413 bits per heavy atom. The van der Waals surface area contributed by atoms with Crippen LogP contribution >= 0.6 is 0 Å². The summed E-state index contributed by atoms with van der Waals surface area (Å²) < 4.78 is 11.2. The zero-order valence-electron chi connectivity index (χ0n) is 30.0. The maximum absolute atomic E-state index is 13.9. The smallest absolute Gasteiger partial charge is 0.339 e. The van der Waals surface area contributed by atoms with Crippen LogP contribution in [-0.4, -0.2) is 36.7 Å². The van der Waals surface area contributed by atoms with Crippen LogP contribution in [0.3, 0.4) is 0 Å². The number of rotatable bonds is 30. The van der Waals surface area contributed by atoms with Gasteiger partial charge in [-0.15, -0.1) is 0 Å². The third-order valence-electron chi connectivity index (χ3n) is 8.69. The summed E-state index contributed by atoms with van der Waals surface area (Å²) in [5, 5.41) is 0. The van der Waals surface area contributed by atoms with Gasteiger partial charge in [0.25, 0.3) is 0 Å². The van der Waals surface area contributed by atoms with Crippen molar-refractivity contribution < 1.29 is 28.7 Å². The fraction of sp³-hybridized carbons (Fsp3) is 0.750. The lowest BCUT2D eigenvalue weighted by Gasteiger charge is -2.17. The van der Waals surface area contributed by atoms with Gasteiger partial charge in [0, 0.05) is 24.0 Å². The predicted octanol–water partition coefficient (Wildman–Crippen LogP) is 11.8. The zero-order valence-corrected chi connectivity index (χ0v) is 30.0. The lowest BCUT2D eigenvalue weighted by atomic mass is 9.88. The number of ketones is 2. The van der Waals surface area contributed by atoms with Crippen LogP contribution in [0.25, 0.3) is 0 Å². The van der Waals surface area contributed by atoms with E-state index in [1.54, 1.807) is 6.07 Å². The van der Waals surface area contributed by atoms with Gasteiger partial charge in [0.05, 0.1) is 24.3 Å². The highest BCUT2D eigenvalue weighted by Gasteiger charge is 2.31. The second kappa shape index (κ2) is 27.6. The Hall–Kier alpha value is -2.50. The molecule has 0 heterocycles. The van der Waals surface area contributed by atoms with Crippen molar-refractivity contribution in [3.63, 3.8) is 0 Å². The van der Waals surface area contributed by atoms with Crippen molar-refractivity contribution in [2.24, 2.45) is 0 Å². The average molecular weight is 643 g/mol. The third-order valence-corrected chi connectivity index (χ3v) is 8.69. The summed E-state index contributed by atoms with van der Waals surface area (Å²) in [5.74, 6) is -1.80. The summed E-state index contributed by atoms with van der Waals surface area (Å²) in [6, 6.07) is 3.05. The number of hydrogen-bond donors (Lipinski definition) is 0. The highest BCUT2D eigenvalue weighted by Crippen LogP contribution is 2.27. The van der Waals surface area contributed by atoms with Gasteiger partial charge in [-0.1, -0.05) is 143 Å². The van der Waals surface area contributed by atoms with Crippen molar-refractivity contribution in [1.29, 1.82) is 0 Å². The van der Waals surface area contributed by atoms with Gasteiger partial charge in [0.1, 0.15) is 0 Å². The van der Waals surface area contributed by atoms with Crippen molar-refractivity contribution in [3.05, 3.63) is 34.4 Å². The summed E-state index contributed by atoms with van der Waals surface area (Å²) >= 11 is 0. The van der Waals surface area contributed by atoms with Gasteiger partial charge < -0.3 is 9.47 Å². The van der Waals surface area contributed by atoms with Crippen LogP contribution in [0.4, 0.5) is 0 Å². The second-order valence-electron chi connectivity index (χ2n) is 12.9. The summed E-state index contributed by atoms with van der Waals surface area (Å²) in [4.78, 5) is 54.6. The zero-order chi connectivity index (χ0) is 33.8. The fourth-order valence-corrected chi connectivity index (χ4v) is 5.79. The Morgan fingerprint density at radius 2 is 0.783 bits per heavy atom. The highest BCUT2D eigenvalue weighted by atomic mass is 16.5. The Kier molecular flexibility index (Phi) is 24.9. The van der Waals surface area contributed by atoms with E-state index in [0.717, 1.165) is 89.9 Å². The van der Waals surface area contributed by atoms with Crippen LogP contribution in [0.5, 0.6) is 0 Å². The van der Waals surface area contributed by atoms with Crippen LogP contribution in [0.1, 0.15) is 223 Å². The van der Waals surface area contributed by atoms with E-state index in [1.807, 2.05) is 0 Å². The van der Waals surface area contributed by atoms with Crippen molar-refractivity contribution in [2.75, 3.05) is 13.2 Å².